The van der Waals surface area contributed by atoms with Gasteiger partial charge in [0.15, 0.2) is 0 Å². The molecule has 1 fully saturated rings. The minimum atomic E-state index is -0.967. The second-order valence-corrected chi connectivity index (χ2v) is 8.80. The lowest BCUT2D eigenvalue weighted by molar-refractivity contribution is -0.137. The summed E-state index contributed by atoms with van der Waals surface area (Å²) in [6.45, 7) is 4.59. The standard InChI is InChI=1S/C24H26FN5O2/c1-15-24-18(4-3-5-21(24)30(27-15)14-23(31)32)19-11-22-17(10-20(19)25)12-26-29(22)13-16-6-8-28(2)9-7-16/h3-5,10-12,16H,6-9,13-14H2,1-2H3,(H,31,32). The molecule has 0 atom stereocenters. The van der Waals surface area contributed by atoms with Gasteiger partial charge >= 0.3 is 5.97 Å². The van der Waals surface area contributed by atoms with Crippen LogP contribution in [0, 0.1) is 18.7 Å². The molecule has 32 heavy (non-hydrogen) atoms. The number of likely N-dealkylation sites (tertiary alicyclic amines) is 1. The molecule has 1 aliphatic rings. The van der Waals surface area contributed by atoms with E-state index in [4.69, 9.17) is 0 Å². The van der Waals surface area contributed by atoms with Crippen molar-refractivity contribution in [3.63, 3.8) is 0 Å². The topological polar surface area (TPSA) is 76.2 Å². The first-order chi connectivity index (χ1) is 15.4. The van der Waals surface area contributed by atoms with Crippen LogP contribution in [0.3, 0.4) is 0 Å². The lowest BCUT2D eigenvalue weighted by atomic mass is 9.96. The Bertz CT molecular complexity index is 1320. The predicted octanol–water partition coefficient (Wildman–Crippen LogP) is 3.93. The normalized spacial score (nSPS) is 15.7. The van der Waals surface area contributed by atoms with Crippen LogP contribution in [0.25, 0.3) is 32.9 Å². The van der Waals surface area contributed by atoms with Gasteiger partial charge in [0.05, 0.1) is 22.9 Å². The molecule has 7 nitrogen and oxygen atoms in total. The van der Waals surface area contributed by atoms with Gasteiger partial charge in [0.25, 0.3) is 0 Å². The predicted molar refractivity (Wildman–Crippen MR) is 121 cm³/mol. The maximum atomic E-state index is 15.2. The number of fused-ring (bicyclic) bond motifs is 2. The van der Waals surface area contributed by atoms with E-state index < -0.39 is 5.97 Å². The van der Waals surface area contributed by atoms with Crippen LogP contribution in [0.15, 0.2) is 36.5 Å². The molecule has 0 spiro atoms. The van der Waals surface area contributed by atoms with Gasteiger partial charge in [-0.2, -0.15) is 10.2 Å². The van der Waals surface area contributed by atoms with Gasteiger partial charge < -0.3 is 10.0 Å². The average Bonchev–Trinajstić information content (AvgIpc) is 3.29. The van der Waals surface area contributed by atoms with Crippen molar-refractivity contribution in [2.24, 2.45) is 5.92 Å². The molecule has 0 saturated carbocycles. The number of rotatable bonds is 5. The molecular weight excluding hydrogens is 409 g/mol. The third kappa shape index (κ3) is 3.64. The molecule has 2 aromatic heterocycles. The second kappa shape index (κ2) is 8.02. The quantitative estimate of drug-likeness (QED) is 0.514. The molecule has 8 heteroatoms. The Kier molecular flexibility index (Phi) is 5.17. The molecular formula is C24H26FN5O2. The summed E-state index contributed by atoms with van der Waals surface area (Å²) in [5, 5.41) is 19.7. The van der Waals surface area contributed by atoms with E-state index in [0.29, 0.717) is 28.3 Å². The fourth-order valence-electron chi connectivity index (χ4n) is 4.83. The van der Waals surface area contributed by atoms with E-state index in [1.54, 1.807) is 12.3 Å². The summed E-state index contributed by atoms with van der Waals surface area (Å²) in [5.74, 6) is -0.734. The molecule has 1 aliphatic heterocycles. The Morgan fingerprint density at radius 3 is 2.69 bits per heavy atom. The van der Waals surface area contributed by atoms with Crippen molar-refractivity contribution in [2.75, 3.05) is 20.1 Å². The largest absolute Gasteiger partial charge is 0.480 e. The smallest absolute Gasteiger partial charge is 0.325 e. The van der Waals surface area contributed by atoms with Crippen LogP contribution in [-0.2, 0) is 17.9 Å². The van der Waals surface area contributed by atoms with Crippen LogP contribution in [0.4, 0.5) is 4.39 Å². The highest BCUT2D eigenvalue weighted by Gasteiger charge is 2.21. The third-order valence-electron chi connectivity index (χ3n) is 6.53. The zero-order valence-electron chi connectivity index (χ0n) is 18.3. The van der Waals surface area contributed by atoms with Crippen LogP contribution < -0.4 is 0 Å². The van der Waals surface area contributed by atoms with Crippen LogP contribution in [0.2, 0.25) is 0 Å². The first-order valence-electron chi connectivity index (χ1n) is 10.9. The van der Waals surface area contributed by atoms with Gasteiger partial charge in [-0.15, -0.1) is 0 Å². The number of carbonyl (C=O) groups is 1. The minimum absolute atomic E-state index is 0.237. The number of aromatic nitrogens is 4. The Morgan fingerprint density at radius 2 is 1.94 bits per heavy atom. The van der Waals surface area contributed by atoms with Gasteiger partial charge in [0.1, 0.15) is 12.4 Å². The number of piperidine rings is 1. The van der Waals surface area contributed by atoms with Gasteiger partial charge in [-0.1, -0.05) is 12.1 Å². The SMILES string of the molecule is Cc1nn(CC(=O)O)c2cccc(-c3cc4c(cnn4CC4CCN(C)CC4)cc3F)c12. The molecule has 2 aromatic carbocycles. The Hall–Kier alpha value is -3.26. The molecule has 1 saturated heterocycles. The molecule has 0 bridgehead atoms. The molecule has 166 valence electrons. The summed E-state index contributed by atoms with van der Waals surface area (Å²) in [5.41, 5.74) is 3.46. The highest BCUT2D eigenvalue weighted by molar-refractivity contribution is 5.99. The number of nitrogens with zero attached hydrogens (tertiary/aromatic N) is 5. The highest BCUT2D eigenvalue weighted by atomic mass is 19.1. The number of benzene rings is 2. The van der Waals surface area contributed by atoms with E-state index in [9.17, 15) is 9.90 Å². The van der Waals surface area contributed by atoms with Gasteiger partial charge in [-0.25, -0.2) is 4.39 Å². The van der Waals surface area contributed by atoms with Crippen molar-refractivity contribution in [3.8, 4) is 11.1 Å². The zero-order chi connectivity index (χ0) is 22.4. The lowest BCUT2D eigenvalue weighted by Gasteiger charge is -2.28. The van der Waals surface area contributed by atoms with Gasteiger partial charge in [-0.05, 0) is 69.6 Å². The van der Waals surface area contributed by atoms with E-state index in [-0.39, 0.29) is 12.4 Å². The summed E-state index contributed by atoms with van der Waals surface area (Å²) in [6.07, 6.45) is 3.99. The highest BCUT2D eigenvalue weighted by Crippen LogP contribution is 2.35. The maximum absolute atomic E-state index is 15.2. The summed E-state index contributed by atoms with van der Waals surface area (Å²) in [6, 6.07) is 8.91. The first-order valence-corrected chi connectivity index (χ1v) is 10.9. The van der Waals surface area contributed by atoms with Crippen molar-refractivity contribution in [1.82, 2.24) is 24.5 Å². The van der Waals surface area contributed by atoms with E-state index in [1.807, 2.05) is 35.9 Å². The summed E-state index contributed by atoms with van der Waals surface area (Å²) < 4.78 is 18.7. The maximum Gasteiger partial charge on any atom is 0.325 e. The van der Waals surface area contributed by atoms with E-state index in [0.717, 1.165) is 48.8 Å². The van der Waals surface area contributed by atoms with E-state index >= 15 is 4.39 Å². The number of halogens is 1. The third-order valence-corrected chi connectivity index (χ3v) is 6.53. The number of hydrogen-bond acceptors (Lipinski definition) is 4. The molecule has 1 N–H and O–H groups in total. The van der Waals surface area contributed by atoms with Crippen LogP contribution in [0.5, 0.6) is 0 Å². The van der Waals surface area contributed by atoms with Gasteiger partial charge in [0, 0.05) is 22.9 Å². The number of aryl methyl sites for hydroxylation is 1. The molecule has 0 radical (unpaired) electrons. The lowest BCUT2D eigenvalue weighted by Crippen LogP contribution is -2.32. The number of carboxylic acids is 1. The number of hydrogen-bond donors (Lipinski definition) is 1. The Balaban J connectivity index is 1.59. The fraction of sp³-hybridized carbons (Fsp3) is 0.375. The second-order valence-electron chi connectivity index (χ2n) is 8.80. The molecule has 3 heterocycles. The van der Waals surface area contributed by atoms with Crippen molar-refractivity contribution in [2.45, 2.75) is 32.9 Å². The number of carboxylic acid groups (broad SMARTS) is 1. The average molecular weight is 436 g/mol. The van der Waals surface area contributed by atoms with Crippen molar-refractivity contribution in [1.29, 1.82) is 0 Å². The summed E-state index contributed by atoms with van der Waals surface area (Å²) in [4.78, 5) is 13.6. The van der Waals surface area contributed by atoms with Crippen LogP contribution >= 0.6 is 0 Å². The van der Waals surface area contributed by atoms with Crippen LogP contribution in [0.1, 0.15) is 18.5 Å². The van der Waals surface area contributed by atoms with Crippen molar-refractivity contribution in [3.05, 3.63) is 48.0 Å². The van der Waals surface area contributed by atoms with Gasteiger partial charge in [-0.3, -0.25) is 14.2 Å². The van der Waals surface area contributed by atoms with E-state index in [1.165, 1.54) is 4.68 Å². The minimum Gasteiger partial charge on any atom is -0.480 e. The van der Waals surface area contributed by atoms with Gasteiger partial charge in [0.2, 0.25) is 0 Å². The molecule has 5 rings (SSSR count). The van der Waals surface area contributed by atoms with E-state index in [2.05, 4.69) is 22.1 Å². The molecule has 0 amide bonds. The fourth-order valence-corrected chi connectivity index (χ4v) is 4.83. The zero-order valence-corrected chi connectivity index (χ0v) is 18.3. The Morgan fingerprint density at radius 1 is 1.16 bits per heavy atom. The Labute approximate surface area is 185 Å². The van der Waals surface area contributed by atoms with Crippen molar-refractivity contribution < 1.29 is 14.3 Å². The summed E-state index contributed by atoms with van der Waals surface area (Å²) >= 11 is 0. The molecule has 0 unspecified atom stereocenters. The first kappa shape index (κ1) is 20.6. The van der Waals surface area contributed by atoms with Crippen LogP contribution in [-0.4, -0.2) is 55.7 Å². The monoisotopic (exact) mass is 435 g/mol. The number of aliphatic carboxylic acids is 1. The molecule has 0 aliphatic carbocycles. The van der Waals surface area contributed by atoms with Crippen molar-refractivity contribution >= 4 is 27.8 Å². The molecule has 4 aromatic rings. The summed E-state index contributed by atoms with van der Waals surface area (Å²) in [7, 11) is 2.15.